The average Bonchev–Trinajstić information content (AvgIpc) is 2.69. The number of anilines is 1. The third kappa shape index (κ3) is 4.99. The summed E-state index contributed by atoms with van der Waals surface area (Å²) in [7, 11) is 1.33. The lowest BCUT2D eigenvalue weighted by atomic mass is 9.89. The highest BCUT2D eigenvalue weighted by molar-refractivity contribution is 5.98. The molecule has 0 spiro atoms. The predicted molar refractivity (Wildman–Crippen MR) is 97.4 cm³/mol. The molecule has 1 atom stereocenters. The lowest BCUT2D eigenvalue weighted by Crippen LogP contribution is -2.38. The number of carbonyl (C=O) groups is 3. The number of amides is 1. The molecular weight excluding hydrogens is 350 g/mol. The minimum absolute atomic E-state index is 0.00573. The van der Waals surface area contributed by atoms with Gasteiger partial charge in [-0.25, -0.2) is 0 Å². The van der Waals surface area contributed by atoms with Crippen LogP contribution in [-0.4, -0.2) is 37.7 Å². The van der Waals surface area contributed by atoms with E-state index in [1.165, 1.54) is 13.5 Å². The summed E-state index contributed by atoms with van der Waals surface area (Å²) in [4.78, 5) is 35.7. The largest absolute Gasteiger partial charge is 0.478 e. The zero-order chi connectivity index (χ0) is 19.2. The number of esters is 2. The molecular formula is C20H25NO6. The number of methoxy groups -OCH3 is 1. The Kier molecular flexibility index (Phi) is 6.32. The fourth-order valence-corrected chi connectivity index (χ4v) is 3.46. The van der Waals surface area contributed by atoms with E-state index in [0.29, 0.717) is 17.9 Å². The van der Waals surface area contributed by atoms with E-state index in [1.54, 1.807) is 18.2 Å². The molecule has 2 aliphatic rings. The highest BCUT2D eigenvalue weighted by Gasteiger charge is 2.29. The van der Waals surface area contributed by atoms with Gasteiger partial charge in [0.15, 0.2) is 6.10 Å². The normalized spacial score (nSPS) is 19.4. The summed E-state index contributed by atoms with van der Waals surface area (Å²) >= 11 is 0. The Bertz CT molecular complexity index is 710. The van der Waals surface area contributed by atoms with Gasteiger partial charge in [0.25, 0.3) is 5.91 Å². The van der Waals surface area contributed by atoms with Crippen molar-refractivity contribution in [2.75, 3.05) is 19.0 Å². The van der Waals surface area contributed by atoms with Crippen LogP contribution < -0.4 is 10.1 Å². The Morgan fingerprint density at radius 3 is 2.74 bits per heavy atom. The third-order valence-electron chi connectivity index (χ3n) is 5.00. The van der Waals surface area contributed by atoms with Gasteiger partial charge in [0.2, 0.25) is 0 Å². The van der Waals surface area contributed by atoms with Crippen LogP contribution in [0.5, 0.6) is 5.75 Å². The zero-order valence-corrected chi connectivity index (χ0v) is 15.5. The molecule has 1 aliphatic carbocycles. The summed E-state index contributed by atoms with van der Waals surface area (Å²) in [5.74, 6) is -0.276. The lowest BCUT2D eigenvalue weighted by Gasteiger charge is -2.26. The molecule has 0 saturated heterocycles. The molecule has 146 valence electrons. The van der Waals surface area contributed by atoms with Crippen molar-refractivity contribution < 1.29 is 28.6 Å². The molecule has 1 aromatic carbocycles. The topological polar surface area (TPSA) is 90.9 Å². The zero-order valence-electron chi connectivity index (χ0n) is 15.5. The number of hydrogen-bond acceptors (Lipinski definition) is 6. The molecule has 7 nitrogen and oxygen atoms in total. The number of benzene rings is 1. The molecule has 0 bridgehead atoms. The van der Waals surface area contributed by atoms with Crippen molar-refractivity contribution in [3.05, 3.63) is 23.8 Å². The minimum atomic E-state index is -0.705. The number of ether oxygens (including phenoxy) is 3. The van der Waals surface area contributed by atoms with Crippen LogP contribution in [0, 0.1) is 5.92 Å². The molecule has 1 aromatic rings. The summed E-state index contributed by atoms with van der Waals surface area (Å²) in [5.41, 5.74) is 1.25. The Morgan fingerprint density at radius 2 is 2.00 bits per heavy atom. The quantitative estimate of drug-likeness (QED) is 0.769. The summed E-state index contributed by atoms with van der Waals surface area (Å²) < 4.78 is 15.7. The van der Waals surface area contributed by atoms with E-state index in [9.17, 15) is 14.4 Å². The number of nitrogens with one attached hydrogen (secondary N) is 1. The Morgan fingerprint density at radius 1 is 1.22 bits per heavy atom. The smallest absolute Gasteiger partial charge is 0.309 e. The second-order valence-electron chi connectivity index (χ2n) is 6.97. The summed E-state index contributed by atoms with van der Waals surface area (Å²) in [5, 5.41) is 2.79. The standard InChI is InChI=1S/C20H25NO6/c1-25-18(22)12-13-7-8-16-15(11-13)21-19(23)17(27-16)9-10-26-20(24)14-5-3-2-4-6-14/h7-8,11,14,17H,2-6,9-10,12H2,1H3,(H,21,23)/t17-/m1/s1. The van der Waals surface area contributed by atoms with E-state index < -0.39 is 6.10 Å². The van der Waals surface area contributed by atoms with Crippen LogP contribution in [0.15, 0.2) is 18.2 Å². The van der Waals surface area contributed by atoms with E-state index in [0.717, 1.165) is 31.2 Å². The van der Waals surface area contributed by atoms with Gasteiger partial charge in [0.1, 0.15) is 5.75 Å². The SMILES string of the molecule is COC(=O)Cc1ccc2c(c1)NC(=O)[C@@H](CCOC(=O)C1CCCCC1)O2. The maximum atomic E-state index is 12.3. The molecule has 1 fully saturated rings. The summed E-state index contributed by atoms with van der Waals surface area (Å²) in [6.07, 6.45) is 4.82. The van der Waals surface area contributed by atoms with Crippen molar-refractivity contribution in [2.45, 2.75) is 51.0 Å². The second-order valence-corrected chi connectivity index (χ2v) is 6.97. The van der Waals surface area contributed by atoms with E-state index in [4.69, 9.17) is 9.47 Å². The highest BCUT2D eigenvalue weighted by atomic mass is 16.5. The summed E-state index contributed by atoms with van der Waals surface area (Å²) in [6, 6.07) is 5.17. The molecule has 1 heterocycles. The van der Waals surface area contributed by atoms with Crippen LogP contribution in [0.4, 0.5) is 5.69 Å². The van der Waals surface area contributed by atoms with Gasteiger partial charge in [0, 0.05) is 6.42 Å². The molecule has 0 aromatic heterocycles. The van der Waals surface area contributed by atoms with Gasteiger partial charge in [-0.1, -0.05) is 25.3 Å². The third-order valence-corrected chi connectivity index (χ3v) is 5.00. The number of carbonyl (C=O) groups excluding carboxylic acids is 3. The average molecular weight is 375 g/mol. The maximum absolute atomic E-state index is 12.3. The molecule has 7 heteroatoms. The van der Waals surface area contributed by atoms with Crippen LogP contribution in [0.2, 0.25) is 0 Å². The first kappa shape index (κ1) is 19.2. The van der Waals surface area contributed by atoms with Crippen LogP contribution in [0.25, 0.3) is 0 Å². The van der Waals surface area contributed by atoms with E-state index >= 15 is 0 Å². The first-order valence-electron chi connectivity index (χ1n) is 9.40. The Labute approximate surface area is 158 Å². The van der Waals surface area contributed by atoms with Crippen LogP contribution >= 0.6 is 0 Å². The molecule has 1 N–H and O–H groups in total. The number of hydrogen-bond donors (Lipinski definition) is 1. The second kappa shape index (κ2) is 8.88. The fourth-order valence-electron chi connectivity index (χ4n) is 3.46. The minimum Gasteiger partial charge on any atom is -0.478 e. The molecule has 1 amide bonds. The number of rotatable bonds is 6. The number of fused-ring (bicyclic) bond motifs is 1. The van der Waals surface area contributed by atoms with Crippen molar-refractivity contribution in [1.82, 2.24) is 0 Å². The summed E-state index contributed by atoms with van der Waals surface area (Å²) in [6.45, 7) is 0.156. The molecule has 1 aliphatic heterocycles. The molecule has 1 saturated carbocycles. The maximum Gasteiger partial charge on any atom is 0.309 e. The van der Waals surface area contributed by atoms with Crippen LogP contribution in [-0.2, 0) is 30.3 Å². The molecule has 3 rings (SSSR count). The van der Waals surface area contributed by atoms with E-state index in [1.807, 2.05) is 0 Å². The van der Waals surface area contributed by atoms with E-state index in [-0.39, 0.29) is 36.8 Å². The van der Waals surface area contributed by atoms with Gasteiger partial charge < -0.3 is 19.5 Å². The van der Waals surface area contributed by atoms with Gasteiger partial charge in [-0.15, -0.1) is 0 Å². The molecule has 0 radical (unpaired) electrons. The lowest BCUT2D eigenvalue weighted by molar-refractivity contribution is -0.150. The van der Waals surface area contributed by atoms with Gasteiger partial charge >= 0.3 is 11.9 Å². The first-order chi connectivity index (χ1) is 13.1. The fraction of sp³-hybridized carbons (Fsp3) is 0.550. The van der Waals surface area contributed by atoms with Crippen molar-refractivity contribution >= 4 is 23.5 Å². The first-order valence-corrected chi connectivity index (χ1v) is 9.40. The van der Waals surface area contributed by atoms with Crippen molar-refractivity contribution in [2.24, 2.45) is 5.92 Å². The molecule has 0 unspecified atom stereocenters. The van der Waals surface area contributed by atoms with Gasteiger partial charge in [0.05, 0.1) is 31.7 Å². The van der Waals surface area contributed by atoms with Gasteiger partial charge in [-0.05, 0) is 30.5 Å². The molecule has 27 heavy (non-hydrogen) atoms. The van der Waals surface area contributed by atoms with Gasteiger partial charge in [-0.3, -0.25) is 14.4 Å². The Balaban J connectivity index is 1.51. The highest BCUT2D eigenvalue weighted by Crippen LogP contribution is 2.31. The van der Waals surface area contributed by atoms with Crippen LogP contribution in [0.1, 0.15) is 44.1 Å². The van der Waals surface area contributed by atoms with Gasteiger partial charge in [-0.2, -0.15) is 0 Å². The van der Waals surface area contributed by atoms with Crippen molar-refractivity contribution in [3.63, 3.8) is 0 Å². The van der Waals surface area contributed by atoms with E-state index in [2.05, 4.69) is 10.1 Å². The van der Waals surface area contributed by atoms with Crippen molar-refractivity contribution in [3.8, 4) is 5.75 Å². The Hall–Kier alpha value is -2.57. The van der Waals surface area contributed by atoms with Crippen molar-refractivity contribution in [1.29, 1.82) is 0 Å². The van der Waals surface area contributed by atoms with Crippen LogP contribution in [0.3, 0.4) is 0 Å². The predicted octanol–water partition coefficient (Wildman–Crippen LogP) is 2.62. The monoisotopic (exact) mass is 375 g/mol.